The average molecular weight is 264 g/mol. The Hall–Kier alpha value is -1.55. The lowest BCUT2D eigenvalue weighted by molar-refractivity contribution is 0.0650. The van der Waals surface area contributed by atoms with E-state index in [0.717, 1.165) is 5.56 Å². The first-order valence-corrected chi connectivity index (χ1v) is 6.54. The number of hydrogen-bond donors (Lipinski definition) is 3. The van der Waals surface area contributed by atoms with Gasteiger partial charge in [-0.2, -0.15) is 0 Å². The minimum Gasteiger partial charge on any atom is -0.391 e. The fourth-order valence-electron chi connectivity index (χ4n) is 1.56. The van der Waals surface area contributed by atoms with Crippen molar-refractivity contribution in [3.05, 3.63) is 35.4 Å². The predicted molar refractivity (Wildman–Crippen MR) is 76.9 cm³/mol. The summed E-state index contributed by atoms with van der Waals surface area (Å²) in [6.07, 6.45) is -0.558. The first-order valence-electron chi connectivity index (χ1n) is 6.54. The van der Waals surface area contributed by atoms with Crippen LogP contribution in [0.5, 0.6) is 0 Å². The minimum absolute atomic E-state index is 0.232. The van der Waals surface area contributed by atoms with Crippen LogP contribution in [0.4, 0.5) is 4.79 Å². The number of aliphatic hydroxyl groups is 1. The summed E-state index contributed by atoms with van der Waals surface area (Å²) < 4.78 is 0. The maximum atomic E-state index is 11.6. The molecule has 0 heterocycles. The molecule has 2 amide bonds. The van der Waals surface area contributed by atoms with Crippen LogP contribution in [-0.4, -0.2) is 23.8 Å². The van der Waals surface area contributed by atoms with Crippen LogP contribution in [-0.2, 0) is 6.54 Å². The van der Waals surface area contributed by atoms with E-state index < -0.39 is 6.10 Å². The van der Waals surface area contributed by atoms with Crippen LogP contribution in [0.3, 0.4) is 0 Å². The van der Waals surface area contributed by atoms with Crippen LogP contribution in [0.15, 0.2) is 24.3 Å². The number of aryl methyl sites for hydroxylation is 1. The Morgan fingerprint density at radius 1 is 1.32 bits per heavy atom. The molecule has 3 N–H and O–H groups in total. The molecular formula is C15H24N2O2. The number of nitrogens with one attached hydrogen (secondary N) is 2. The van der Waals surface area contributed by atoms with Crippen molar-refractivity contribution in [3.8, 4) is 0 Å². The summed E-state index contributed by atoms with van der Waals surface area (Å²) >= 11 is 0. The second kappa shape index (κ2) is 6.57. The molecule has 1 aromatic carbocycles. The summed E-state index contributed by atoms with van der Waals surface area (Å²) in [4.78, 5) is 11.6. The normalized spacial score (nSPS) is 12.9. The summed E-state index contributed by atoms with van der Waals surface area (Å²) in [7, 11) is 0. The zero-order valence-corrected chi connectivity index (χ0v) is 12.2. The Kier molecular flexibility index (Phi) is 5.36. The van der Waals surface area contributed by atoms with Crippen molar-refractivity contribution in [2.75, 3.05) is 6.54 Å². The van der Waals surface area contributed by atoms with Crippen LogP contribution in [0.25, 0.3) is 0 Å². The Labute approximate surface area is 115 Å². The van der Waals surface area contributed by atoms with Gasteiger partial charge in [-0.1, -0.05) is 50.6 Å². The fraction of sp³-hybridized carbons (Fsp3) is 0.533. The first kappa shape index (κ1) is 15.5. The van der Waals surface area contributed by atoms with Crippen LogP contribution < -0.4 is 10.6 Å². The molecule has 106 valence electrons. The highest BCUT2D eigenvalue weighted by Crippen LogP contribution is 2.17. The number of urea groups is 1. The smallest absolute Gasteiger partial charge is 0.315 e. The standard InChI is InChI=1S/C15H24N2O2/c1-11-6-5-7-12(8-11)9-16-14(19)17-10-13(18)15(2,3)4/h5-8,13,18H,9-10H2,1-4H3,(H2,16,17,19). The van der Waals surface area contributed by atoms with Crippen LogP contribution in [0.2, 0.25) is 0 Å². The summed E-state index contributed by atoms with van der Waals surface area (Å²) in [6.45, 7) is 8.56. The lowest BCUT2D eigenvalue weighted by Crippen LogP contribution is -2.43. The van der Waals surface area contributed by atoms with E-state index >= 15 is 0 Å². The molecule has 0 aliphatic heterocycles. The first-order chi connectivity index (χ1) is 8.79. The van der Waals surface area contributed by atoms with Gasteiger partial charge in [0.1, 0.15) is 0 Å². The summed E-state index contributed by atoms with van der Waals surface area (Å²) in [5, 5.41) is 15.3. The van der Waals surface area contributed by atoms with Crippen LogP contribution in [0, 0.1) is 12.3 Å². The Balaban J connectivity index is 2.33. The van der Waals surface area contributed by atoms with Gasteiger partial charge in [0.25, 0.3) is 0 Å². The minimum atomic E-state index is -0.558. The number of benzene rings is 1. The summed E-state index contributed by atoms with van der Waals surface area (Å²) in [5.41, 5.74) is 2.00. The number of carbonyl (C=O) groups excluding carboxylic acids is 1. The number of carbonyl (C=O) groups is 1. The van der Waals surface area contributed by atoms with Gasteiger partial charge in [-0.15, -0.1) is 0 Å². The maximum absolute atomic E-state index is 11.6. The third-order valence-corrected chi connectivity index (χ3v) is 2.99. The molecule has 19 heavy (non-hydrogen) atoms. The monoisotopic (exact) mass is 264 g/mol. The third kappa shape index (κ3) is 5.75. The van der Waals surface area contributed by atoms with Crippen molar-refractivity contribution < 1.29 is 9.90 Å². The van der Waals surface area contributed by atoms with Crippen molar-refractivity contribution in [3.63, 3.8) is 0 Å². The van der Waals surface area contributed by atoms with Gasteiger partial charge in [-0.3, -0.25) is 0 Å². The Bertz CT molecular complexity index is 424. The highest BCUT2D eigenvalue weighted by atomic mass is 16.3. The van der Waals surface area contributed by atoms with Gasteiger partial charge in [0.15, 0.2) is 0 Å². The van der Waals surface area contributed by atoms with Gasteiger partial charge in [0.2, 0.25) is 0 Å². The van der Waals surface area contributed by atoms with Crippen molar-refractivity contribution in [1.82, 2.24) is 10.6 Å². The van der Waals surface area contributed by atoms with Gasteiger partial charge in [0, 0.05) is 13.1 Å². The van der Waals surface area contributed by atoms with Gasteiger partial charge in [-0.25, -0.2) is 4.79 Å². The number of aliphatic hydroxyl groups excluding tert-OH is 1. The van der Waals surface area contributed by atoms with Crippen molar-refractivity contribution in [2.45, 2.75) is 40.3 Å². The van der Waals surface area contributed by atoms with Crippen LogP contribution in [0.1, 0.15) is 31.9 Å². The van der Waals surface area contributed by atoms with E-state index in [-0.39, 0.29) is 18.0 Å². The van der Waals surface area contributed by atoms with Crippen LogP contribution >= 0.6 is 0 Å². The molecule has 4 nitrogen and oxygen atoms in total. The largest absolute Gasteiger partial charge is 0.391 e. The van der Waals surface area contributed by atoms with E-state index in [1.165, 1.54) is 5.56 Å². The SMILES string of the molecule is Cc1cccc(CNC(=O)NCC(O)C(C)(C)C)c1. The zero-order valence-electron chi connectivity index (χ0n) is 12.2. The van der Waals surface area contributed by atoms with E-state index in [1.807, 2.05) is 52.0 Å². The molecule has 0 saturated carbocycles. The predicted octanol–water partition coefficient (Wildman–Crippen LogP) is 2.20. The van der Waals surface area contributed by atoms with E-state index in [9.17, 15) is 9.90 Å². The lowest BCUT2D eigenvalue weighted by atomic mass is 9.89. The molecule has 0 spiro atoms. The van der Waals surface area contributed by atoms with Gasteiger partial charge in [-0.05, 0) is 17.9 Å². The highest BCUT2D eigenvalue weighted by Gasteiger charge is 2.22. The van der Waals surface area contributed by atoms with E-state index in [4.69, 9.17) is 0 Å². The molecule has 1 rings (SSSR count). The van der Waals surface area contributed by atoms with E-state index in [2.05, 4.69) is 10.6 Å². The molecule has 1 aromatic rings. The highest BCUT2D eigenvalue weighted by molar-refractivity contribution is 5.73. The molecule has 0 aliphatic rings. The fourth-order valence-corrected chi connectivity index (χ4v) is 1.56. The molecule has 0 fully saturated rings. The molecule has 0 saturated heterocycles. The topological polar surface area (TPSA) is 61.4 Å². The molecule has 1 unspecified atom stereocenters. The number of rotatable bonds is 4. The Morgan fingerprint density at radius 2 is 2.00 bits per heavy atom. The van der Waals surface area contributed by atoms with E-state index in [0.29, 0.717) is 6.54 Å². The molecule has 0 aromatic heterocycles. The third-order valence-electron chi connectivity index (χ3n) is 2.99. The average Bonchev–Trinajstić information content (AvgIpc) is 2.32. The van der Waals surface area contributed by atoms with Gasteiger partial charge in [0.05, 0.1) is 6.10 Å². The molecule has 0 bridgehead atoms. The lowest BCUT2D eigenvalue weighted by Gasteiger charge is -2.25. The molecular weight excluding hydrogens is 240 g/mol. The van der Waals surface area contributed by atoms with Crippen molar-refractivity contribution in [1.29, 1.82) is 0 Å². The van der Waals surface area contributed by atoms with Gasteiger partial charge < -0.3 is 15.7 Å². The molecule has 0 aliphatic carbocycles. The maximum Gasteiger partial charge on any atom is 0.315 e. The second-order valence-electron chi connectivity index (χ2n) is 5.93. The quantitative estimate of drug-likeness (QED) is 0.780. The summed E-state index contributed by atoms with van der Waals surface area (Å²) in [5.74, 6) is 0. The second-order valence-corrected chi connectivity index (χ2v) is 5.93. The molecule has 0 radical (unpaired) electrons. The van der Waals surface area contributed by atoms with Crippen molar-refractivity contribution in [2.24, 2.45) is 5.41 Å². The Morgan fingerprint density at radius 3 is 2.58 bits per heavy atom. The van der Waals surface area contributed by atoms with Crippen molar-refractivity contribution >= 4 is 6.03 Å². The van der Waals surface area contributed by atoms with Gasteiger partial charge >= 0.3 is 6.03 Å². The number of amides is 2. The molecule has 1 atom stereocenters. The van der Waals surface area contributed by atoms with E-state index in [1.54, 1.807) is 0 Å². The number of hydrogen-bond acceptors (Lipinski definition) is 2. The molecule has 4 heteroatoms. The zero-order chi connectivity index (χ0) is 14.5. The summed E-state index contributed by atoms with van der Waals surface area (Å²) in [6, 6.07) is 7.73.